The molecule has 5 rings (SSSR count). The molecule has 0 bridgehead atoms. The van der Waals surface area contributed by atoms with E-state index in [1.807, 2.05) is 30.3 Å². The van der Waals surface area contributed by atoms with Crippen molar-refractivity contribution in [2.75, 3.05) is 0 Å². The molecule has 1 aromatic carbocycles. The van der Waals surface area contributed by atoms with Crippen molar-refractivity contribution >= 4 is 44.1 Å². The van der Waals surface area contributed by atoms with E-state index < -0.39 is 0 Å². The fourth-order valence-corrected chi connectivity index (χ4v) is 5.15. The van der Waals surface area contributed by atoms with Gasteiger partial charge in [0.15, 0.2) is 0 Å². The summed E-state index contributed by atoms with van der Waals surface area (Å²) >= 11 is 8.04. The number of aromatic nitrogens is 3. The number of pyridine rings is 1. The third-order valence-electron chi connectivity index (χ3n) is 5.03. The van der Waals surface area contributed by atoms with Gasteiger partial charge in [-0.2, -0.15) is 0 Å². The number of aryl methyl sites for hydroxylation is 2. The normalized spacial score (nSPS) is 14.0. The average molecular weight is 382 g/mol. The number of halogens is 1. The lowest BCUT2D eigenvalue weighted by molar-refractivity contribution is 0.697. The molecule has 0 fully saturated rings. The first-order chi connectivity index (χ1) is 12.7. The highest BCUT2D eigenvalue weighted by molar-refractivity contribution is 7.18. The molecular formula is C20H16ClN3OS. The molecule has 0 radical (unpaired) electrons. The number of nitrogens with zero attached hydrogens (tertiary/aromatic N) is 3. The number of benzene rings is 1. The fraction of sp³-hybridized carbons (Fsp3) is 0.250. The fourth-order valence-electron chi connectivity index (χ4n) is 3.72. The Hall–Kier alpha value is -2.24. The second-order valence-electron chi connectivity index (χ2n) is 6.70. The lowest BCUT2D eigenvalue weighted by Gasteiger charge is -2.11. The van der Waals surface area contributed by atoms with Crippen LogP contribution in [0.3, 0.4) is 0 Å². The van der Waals surface area contributed by atoms with Gasteiger partial charge in [-0.1, -0.05) is 29.8 Å². The van der Waals surface area contributed by atoms with Crippen LogP contribution in [0.25, 0.3) is 21.1 Å². The summed E-state index contributed by atoms with van der Waals surface area (Å²) in [7, 11) is 0. The molecule has 3 heterocycles. The SMILES string of the molecule is O=c1c2c3c(sc2ncn1Cc1cc2ccccc2nc1Cl)CCCC3. The van der Waals surface area contributed by atoms with Crippen molar-refractivity contribution in [3.05, 3.63) is 68.2 Å². The van der Waals surface area contributed by atoms with Gasteiger partial charge in [0.1, 0.15) is 9.98 Å². The minimum absolute atomic E-state index is 0.0265. The molecule has 26 heavy (non-hydrogen) atoms. The molecule has 0 atom stereocenters. The summed E-state index contributed by atoms with van der Waals surface area (Å²) in [4.78, 5) is 24.3. The molecule has 130 valence electrons. The standard InChI is InChI=1S/C20H16ClN3OS/c21-18-13(9-12-5-1-3-7-15(12)23-18)10-24-11-22-19-17(20(24)25)14-6-2-4-8-16(14)26-19/h1,3,5,7,9,11H,2,4,6,8,10H2. The molecule has 4 nitrogen and oxygen atoms in total. The molecule has 0 spiro atoms. The van der Waals surface area contributed by atoms with E-state index in [0.29, 0.717) is 11.7 Å². The highest BCUT2D eigenvalue weighted by Crippen LogP contribution is 2.33. The first kappa shape index (κ1) is 16.0. The van der Waals surface area contributed by atoms with E-state index in [-0.39, 0.29) is 5.56 Å². The smallest absolute Gasteiger partial charge is 0.262 e. The first-order valence-corrected chi connectivity index (χ1v) is 9.94. The van der Waals surface area contributed by atoms with Gasteiger partial charge in [-0.25, -0.2) is 9.97 Å². The van der Waals surface area contributed by atoms with Gasteiger partial charge in [0.25, 0.3) is 5.56 Å². The molecule has 4 aromatic rings. The number of hydrogen-bond acceptors (Lipinski definition) is 4. The summed E-state index contributed by atoms with van der Waals surface area (Å²) in [6, 6.07) is 9.85. The monoisotopic (exact) mass is 381 g/mol. The van der Waals surface area contributed by atoms with E-state index in [9.17, 15) is 4.79 Å². The zero-order chi connectivity index (χ0) is 17.7. The summed E-state index contributed by atoms with van der Waals surface area (Å²) in [5.74, 6) is 0. The molecule has 0 saturated carbocycles. The highest BCUT2D eigenvalue weighted by Gasteiger charge is 2.20. The van der Waals surface area contributed by atoms with Gasteiger partial charge in [-0.15, -0.1) is 11.3 Å². The van der Waals surface area contributed by atoms with Crippen molar-refractivity contribution in [2.45, 2.75) is 32.2 Å². The Morgan fingerprint density at radius 3 is 2.96 bits per heavy atom. The molecule has 0 aliphatic heterocycles. The summed E-state index contributed by atoms with van der Waals surface area (Å²) in [6.07, 6.45) is 6.03. The van der Waals surface area contributed by atoms with Crippen molar-refractivity contribution in [1.29, 1.82) is 0 Å². The van der Waals surface area contributed by atoms with Crippen LogP contribution in [0.4, 0.5) is 0 Å². The molecule has 0 saturated heterocycles. The van der Waals surface area contributed by atoms with E-state index in [2.05, 4.69) is 9.97 Å². The summed E-state index contributed by atoms with van der Waals surface area (Å²) in [6.45, 7) is 0.378. The number of rotatable bonds is 2. The van der Waals surface area contributed by atoms with Gasteiger partial charge < -0.3 is 0 Å². The van der Waals surface area contributed by atoms with Gasteiger partial charge in [0.05, 0.1) is 23.8 Å². The third kappa shape index (κ3) is 2.54. The van der Waals surface area contributed by atoms with Crippen LogP contribution in [0.1, 0.15) is 28.8 Å². The maximum atomic E-state index is 13.1. The van der Waals surface area contributed by atoms with E-state index in [0.717, 1.165) is 45.9 Å². The topological polar surface area (TPSA) is 47.8 Å². The minimum atomic E-state index is 0.0265. The molecule has 3 aromatic heterocycles. The Morgan fingerprint density at radius 2 is 2.04 bits per heavy atom. The number of para-hydroxylation sites is 1. The van der Waals surface area contributed by atoms with E-state index in [4.69, 9.17) is 11.6 Å². The Kier molecular flexibility index (Phi) is 3.80. The Labute approximate surface area is 159 Å². The maximum Gasteiger partial charge on any atom is 0.262 e. The van der Waals surface area contributed by atoms with Gasteiger partial charge >= 0.3 is 0 Å². The van der Waals surface area contributed by atoms with Crippen molar-refractivity contribution in [2.24, 2.45) is 0 Å². The molecule has 0 N–H and O–H groups in total. The summed E-state index contributed by atoms with van der Waals surface area (Å²) in [5.41, 5.74) is 2.93. The van der Waals surface area contributed by atoms with Crippen LogP contribution in [0, 0.1) is 0 Å². The highest BCUT2D eigenvalue weighted by atomic mass is 35.5. The van der Waals surface area contributed by atoms with Crippen molar-refractivity contribution < 1.29 is 0 Å². The molecule has 1 aliphatic carbocycles. The van der Waals surface area contributed by atoms with Crippen molar-refractivity contribution in [3.8, 4) is 0 Å². The van der Waals surface area contributed by atoms with Gasteiger partial charge in [-0.05, 0) is 43.4 Å². The van der Waals surface area contributed by atoms with Gasteiger partial charge in [-0.3, -0.25) is 9.36 Å². The van der Waals surface area contributed by atoms with Crippen LogP contribution in [-0.2, 0) is 19.4 Å². The first-order valence-electron chi connectivity index (χ1n) is 8.74. The zero-order valence-corrected chi connectivity index (χ0v) is 15.6. The molecule has 0 unspecified atom stereocenters. The summed E-state index contributed by atoms with van der Waals surface area (Å²) in [5, 5.41) is 2.25. The lowest BCUT2D eigenvalue weighted by Crippen LogP contribution is -2.22. The summed E-state index contributed by atoms with van der Waals surface area (Å²) < 4.78 is 1.65. The molecule has 6 heteroatoms. The number of hydrogen-bond donors (Lipinski definition) is 0. The van der Waals surface area contributed by atoms with Crippen molar-refractivity contribution in [1.82, 2.24) is 14.5 Å². The molecule has 1 aliphatic rings. The van der Waals surface area contributed by atoms with Crippen LogP contribution in [-0.4, -0.2) is 14.5 Å². The molecular weight excluding hydrogens is 366 g/mol. The van der Waals surface area contributed by atoms with Crippen molar-refractivity contribution in [3.63, 3.8) is 0 Å². The second kappa shape index (κ2) is 6.18. The van der Waals surface area contributed by atoms with E-state index >= 15 is 0 Å². The quantitative estimate of drug-likeness (QED) is 0.477. The van der Waals surface area contributed by atoms with Gasteiger partial charge in [0.2, 0.25) is 0 Å². The van der Waals surface area contributed by atoms with Crippen LogP contribution < -0.4 is 5.56 Å². The Morgan fingerprint density at radius 1 is 1.19 bits per heavy atom. The Bertz CT molecular complexity index is 1210. The van der Waals surface area contributed by atoms with Crippen LogP contribution >= 0.6 is 22.9 Å². The minimum Gasteiger partial charge on any atom is -0.294 e. The van der Waals surface area contributed by atoms with Gasteiger partial charge in [0, 0.05) is 15.8 Å². The largest absolute Gasteiger partial charge is 0.294 e. The number of thiophene rings is 1. The van der Waals surface area contributed by atoms with E-state index in [1.165, 1.54) is 16.9 Å². The van der Waals surface area contributed by atoms with Crippen LogP contribution in [0.5, 0.6) is 0 Å². The number of fused-ring (bicyclic) bond motifs is 4. The zero-order valence-electron chi connectivity index (χ0n) is 14.0. The molecule has 0 amide bonds. The van der Waals surface area contributed by atoms with E-state index in [1.54, 1.807) is 22.2 Å². The maximum absolute atomic E-state index is 13.1. The Balaban J connectivity index is 1.63. The predicted octanol–water partition coefficient (Wildman–Crippen LogP) is 4.59. The second-order valence-corrected chi connectivity index (χ2v) is 8.14. The predicted molar refractivity (Wildman–Crippen MR) is 106 cm³/mol. The lowest BCUT2D eigenvalue weighted by atomic mass is 9.97. The van der Waals surface area contributed by atoms with Crippen LogP contribution in [0.2, 0.25) is 5.15 Å². The average Bonchev–Trinajstić information content (AvgIpc) is 3.04. The van der Waals surface area contributed by atoms with Crippen LogP contribution in [0.15, 0.2) is 41.5 Å². The third-order valence-corrected chi connectivity index (χ3v) is 6.56.